The summed E-state index contributed by atoms with van der Waals surface area (Å²) in [5.41, 5.74) is 0. The van der Waals surface area contributed by atoms with Crippen LogP contribution in [-0.2, 0) is 4.79 Å². The minimum Gasteiger partial charge on any atom is -0.367 e. The van der Waals surface area contributed by atoms with Crippen molar-refractivity contribution in [3.63, 3.8) is 0 Å². The number of rotatable bonds is 0. The Labute approximate surface area is 56.2 Å². The summed E-state index contributed by atoms with van der Waals surface area (Å²) in [5.74, 6) is 0.343. The molecule has 2 nitrogen and oxygen atoms in total. The highest BCUT2D eigenvalue weighted by molar-refractivity contribution is 6.42. The van der Waals surface area contributed by atoms with Gasteiger partial charge >= 0.3 is 0 Å². The molecule has 1 amide bonds. The van der Waals surface area contributed by atoms with E-state index in [4.69, 9.17) is 15.7 Å². The Kier molecular flexibility index (Phi) is 0.719. The lowest BCUT2D eigenvalue weighted by Gasteiger charge is -2.21. The second kappa shape index (κ2) is 1.20. The Hall–Kier alpha value is -0.400. The molecule has 42 valence electrons. The molecule has 1 aliphatic heterocycles. The third kappa shape index (κ3) is 0.562. The molecule has 0 aromatic heterocycles. The summed E-state index contributed by atoms with van der Waals surface area (Å²) in [6.45, 7) is 0. The van der Waals surface area contributed by atoms with E-state index in [9.17, 15) is 4.79 Å². The zero-order valence-corrected chi connectivity index (χ0v) is 4.92. The summed E-state index contributed by atoms with van der Waals surface area (Å²) in [4.78, 5) is 10.8. The molecule has 1 N–H and O–H groups in total. The van der Waals surface area contributed by atoms with Crippen molar-refractivity contribution in [1.29, 1.82) is 0 Å². The molecule has 0 aromatic carbocycles. The molecular formula is C5H5B2NO. The van der Waals surface area contributed by atoms with E-state index in [0.717, 1.165) is 6.42 Å². The molecule has 4 heteroatoms. The summed E-state index contributed by atoms with van der Waals surface area (Å²) in [6.07, 6.45) is 0.874. The maximum Gasteiger partial charge on any atom is 0.222 e. The van der Waals surface area contributed by atoms with Crippen LogP contribution in [0.3, 0.4) is 0 Å². The molecule has 2 atom stereocenters. The Bertz CT molecular complexity index is 180. The second-order valence-corrected chi connectivity index (χ2v) is 2.87. The van der Waals surface area contributed by atoms with Gasteiger partial charge in [0.25, 0.3) is 0 Å². The maximum absolute atomic E-state index is 10.8. The molecule has 2 fully saturated rings. The largest absolute Gasteiger partial charge is 0.367 e. The van der Waals surface area contributed by atoms with Crippen LogP contribution in [-0.4, -0.2) is 26.9 Å². The number of hydrogen-bond donors (Lipinski definition) is 1. The number of amides is 1. The summed E-state index contributed by atoms with van der Waals surface area (Å²) >= 11 is 0. The van der Waals surface area contributed by atoms with Crippen LogP contribution in [0.2, 0.25) is 0 Å². The highest BCUT2D eigenvalue weighted by Gasteiger charge is 2.57. The first-order chi connectivity index (χ1) is 4.11. The van der Waals surface area contributed by atoms with Crippen molar-refractivity contribution in [1.82, 2.24) is 5.32 Å². The molecule has 0 bridgehead atoms. The molecule has 1 saturated heterocycles. The van der Waals surface area contributed by atoms with Crippen molar-refractivity contribution in [3.05, 3.63) is 0 Å². The van der Waals surface area contributed by atoms with Crippen molar-refractivity contribution in [2.45, 2.75) is 11.8 Å². The highest BCUT2D eigenvalue weighted by atomic mass is 16.2. The quantitative estimate of drug-likeness (QED) is 0.394. The lowest BCUT2D eigenvalue weighted by Crippen LogP contribution is -2.46. The Morgan fingerprint density at radius 3 is 2.44 bits per heavy atom. The van der Waals surface area contributed by atoms with Crippen molar-refractivity contribution >= 4 is 21.6 Å². The minimum atomic E-state index is -0.901. The van der Waals surface area contributed by atoms with E-state index in [1.807, 2.05) is 0 Å². The average molecular weight is 117 g/mol. The molecule has 0 spiro atoms. The van der Waals surface area contributed by atoms with Crippen LogP contribution in [0.1, 0.15) is 6.42 Å². The van der Waals surface area contributed by atoms with E-state index in [1.54, 1.807) is 0 Å². The summed E-state index contributed by atoms with van der Waals surface area (Å²) in [5, 5.41) is 1.61. The molecule has 0 aromatic rings. The van der Waals surface area contributed by atoms with Crippen molar-refractivity contribution < 1.29 is 4.79 Å². The van der Waals surface area contributed by atoms with E-state index in [-0.39, 0.29) is 17.7 Å². The molecule has 4 radical (unpaired) electrons. The van der Waals surface area contributed by atoms with Crippen molar-refractivity contribution in [2.75, 3.05) is 0 Å². The normalized spacial score (nSPS) is 43.8. The number of piperidine rings is 1. The molecule has 2 aliphatic rings. The molecular weight excluding hydrogens is 112 g/mol. The van der Waals surface area contributed by atoms with Crippen LogP contribution >= 0.6 is 0 Å². The summed E-state index contributed by atoms with van der Waals surface area (Å²) in [7, 11) is 11.0. The molecule has 1 saturated carbocycles. The van der Waals surface area contributed by atoms with Gasteiger partial charge in [0.1, 0.15) is 0 Å². The van der Waals surface area contributed by atoms with Crippen molar-refractivity contribution in [2.24, 2.45) is 11.8 Å². The van der Waals surface area contributed by atoms with Crippen LogP contribution in [0.5, 0.6) is 0 Å². The molecule has 1 heterocycles. The minimum absolute atomic E-state index is 0.0185. The van der Waals surface area contributed by atoms with Gasteiger partial charge in [-0.3, -0.25) is 4.79 Å². The standard InChI is InChI=1S/C5H5B2NO/c6-5(7)3-1-2(3)4(9)8-5/h2-3H,1H2,(H,8,9). The number of nitrogens with one attached hydrogen (secondary N) is 1. The lowest BCUT2D eigenvalue weighted by atomic mass is 9.60. The molecule has 2 rings (SSSR count). The zero-order valence-electron chi connectivity index (χ0n) is 4.92. The fraction of sp³-hybridized carbons (Fsp3) is 0.800. The van der Waals surface area contributed by atoms with Gasteiger partial charge in [-0.15, -0.1) is 0 Å². The SMILES string of the molecule is [B]C1([B])NC(=O)C2CC21. The van der Waals surface area contributed by atoms with E-state index in [2.05, 4.69) is 5.32 Å². The van der Waals surface area contributed by atoms with Gasteiger partial charge < -0.3 is 5.32 Å². The van der Waals surface area contributed by atoms with Crippen molar-refractivity contribution in [3.8, 4) is 0 Å². The average Bonchev–Trinajstić information content (AvgIpc) is 2.33. The van der Waals surface area contributed by atoms with Gasteiger partial charge in [0.15, 0.2) is 0 Å². The lowest BCUT2D eigenvalue weighted by molar-refractivity contribution is -0.121. The van der Waals surface area contributed by atoms with Gasteiger partial charge in [-0.05, 0) is 17.7 Å². The molecule has 2 unspecified atom stereocenters. The Morgan fingerprint density at radius 2 is 2.33 bits per heavy atom. The number of carbonyl (C=O) groups is 1. The van der Waals surface area contributed by atoms with Crippen LogP contribution in [0.15, 0.2) is 0 Å². The number of hydrogen-bond acceptors (Lipinski definition) is 1. The highest BCUT2D eigenvalue weighted by Crippen LogP contribution is 2.48. The number of carbonyl (C=O) groups excluding carboxylic acids is 1. The first kappa shape index (κ1) is 5.39. The Balaban J connectivity index is 2.26. The van der Waals surface area contributed by atoms with Gasteiger partial charge in [0, 0.05) is 5.92 Å². The third-order valence-electron chi connectivity index (χ3n) is 2.08. The van der Waals surface area contributed by atoms with E-state index >= 15 is 0 Å². The smallest absolute Gasteiger partial charge is 0.222 e. The maximum atomic E-state index is 10.8. The zero-order chi connectivity index (χ0) is 6.65. The summed E-state index contributed by atoms with van der Waals surface area (Å²) < 4.78 is 0. The predicted octanol–water partition coefficient (Wildman–Crippen LogP) is -1.26. The first-order valence-corrected chi connectivity index (χ1v) is 3.01. The first-order valence-electron chi connectivity index (χ1n) is 3.01. The second-order valence-electron chi connectivity index (χ2n) is 2.87. The van der Waals surface area contributed by atoms with E-state index in [1.165, 1.54) is 0 Å². The van der Waals surface area contributed by atoms with Crippen LogP contribution < -0.4 is 5.32 Å². The van der Waals surface area contributed by atoms with Gasteiger partial charge in [-0.25, -0.2) is 0 Å². The third-order valence-corrected chi connectivity index (χ3v) is 2.08. The molecule has 1 aliphatic carbocycles. The van der Waals surface area contributed by atoms with Crippen LogP contribution in [0.4, 0.5) is 0 Å². The van der Waals surface area contributed by atoms with Gasteiger partial charge in [0.05, 0.1) is 15.7 Å². The summed E-state index contributed by atoms with van der Waals surface area (Å²) in [6, 6.07) is 0. The van der Waals surface area contributed by atoms with E-state index < -0.39 is 5.34 Å². The van der Waals surface area contributed by atoms with Crippen LogP contribution in [0.25, 0.3) is 0 Å². The molecule has 9 heavy (non-hydrogen) atoms. The topological polar surface area (TPSA) is 29.1 Å². The van der Waals surface area contributed by atoms with Gasteiger partial charge in [0.2, 0.25) is 5.91 Å². The van der Waals surface area contributed by atoms with E-state index in [0.29, 0.717) is 0 Å². The predicted molar refractivity (Wildman–Crippen MR) is 34.0 cm³/mol. The number of fused-ring (bicyclic) bond motifs is 1. The van der Waals surface area contributed by atoms with Crippen LogP contribution in [0, 0.1) is 11.8 Å². The fourth-order valence-electron chi connectivity index (χ4n) is 1.41. The Morgan fingerprint density at radius 1 is 1.67 bits per heavy atom. The van der Waals surface area contributed by atoms with Gasteiger partial charge in [-0.1, -0.05) is 0 Å². The van der Waals surface area contributed by atoms with Gasteiger partial charge in [-0.2, -0.15) is 0 Å². The fourth-order valence-corrected chi connectivity index (χ4v) is 1.41. The monoisotopic (exact) mass is 117 g/mol.